The van der Waals surface area contributed by atoms with Crippen LogP contribution in [0.15, 0.2) is 36.5 Å². The third-order valence-electron chi connectivity index (χ3n) is 4.67. The molecule has 3 heterocycles. The molecule has 3 aromatic heterocycles. The highest BCUT2D eigenvalue weighted by molar-refractivity contribution is 7.20. The van der Waals surface area contributed by atoms with Crippen molar-refractivity contribution >= 4 is 33.7 Å². The molecule has 4 N–H and O–H groups in total. The van der Waals surface area contributed by atoms with Gasteiger partial charge >= 0.3 is 0 Å². The molecule has 7 nitrogen and oxygen atoms in total. The molecule has 1 aromatic carbocycles. The number of imidazole rings is 1. The van der Waals surface area contributed by atoms with Crippen LogP contribution in [-0.2, 0) is 5.60 Å². The van der Waals surface area contributed by atoms with Gasteiger partial charge in [0.25, 0.3) is 5.91 Å². The average Bonchev–Trinajstić information content (AvgIpc) is 3.22. The topological polar surface area (TPSA) is 106 Å². The van der Waals surface area contributed by atoms with Crippen molar-refractivity contribution in [1.82, 2.24) is 14.6 Å². The SMILES string of the molecule is Cc1cn2nc(Nc3sc(-c4c(F)cc(C(C)(C)O)cc4F)cc3C(N)=O)ccc2n1. The van der Waals surface area contributed by atoms with Crippen LogP contribution in [0.1, 0.15) is 35.5 Å². The van der Waals surface area contributed by atoms with E-state index in [4.69, 9.17) is 5.73 Å². The number of carbonyl (C=O) groups is 1. The number of thiophene rings is 1. The fourth-order valence-electron chi connectivity index (χ4n) is 3.14. The molecule has 1 amide bonds. The molecule has 0 bridgehead atoms. The van der Waals surface area contributed by atoms with Gasteiger partial charge in [-0.3, -0.25) is 4.79 Å². The van der Waals surface area contributed by atoms with Gasteiger partial charge in [0.05, 0.1) is 28.6 Å². The highest BCUT2D eigenvalue weighted by Gasteiger charge is 2.24. The molecule has 0 fully saturated rings. The lowest BCUT2D eigenvalue weighted by molar-refractivity contribution is 0.0778. The van der Waals surface area contributed by atoms with Gasteiger partial charge in [0.1, 0.15) is 16.6 Å². The molecule has 31 heavy (non-hydrogen) atoms. The molecule has 4 aromatic rings. The first kappa shape index (κ1) is 20.9. The monoisotopic (exact) mass is 443 g/mol. The Labute approximate surface area is 180 Å². The summed E-state index contributed by atoms with van der Waals surface area (Å²) in [5, 5.41) is 17.7. The third kappa shape index (κ3) is 3.99. The van der Waals surface area contributed by atoms with E-state index in [0.29, 0.717) is 16.5 Å². The van der Waals surface area contributed by atoms with Crippen LogP contribution >= 0.6 is 11.3 Å². The van der Waals surface area contributed by atoms with E-state index in [9.17, 15) is 18.7 Å². The van der Waals surface area contributed by atoms with E-state index < -0.39 is 23.1 Å². The van der Waals surface area contributed by atoms with Crippen LogP contribution in [-0.4, -0.2) is 25.6 Å². The zero-order valence-corrected chi connectivity index (χ0v) is 17.7. The van der Waals surface area contributed by atoms with Gasteiger partial charge in [-0.05, 0) is 56.7 Å². The van der Waals surface area contributed by atoms with Crippen LogP contribution in [0.4, 0.5) is 19.6 Å². The average molecular weight is 443 g/mol. The Hall–Kier alpha value is -3.37. The zero-order chi connectivity index (χ0) is 22.5. The molecular formula is C21H19F2N5O2S. The number of aliphatic hydroxyl groups is 1. The Kier molecular flexibility index (Phi) is 4.98. The van der Waals surface area contributed by atoms with Crippen molar-refractivity contribution in [1.29, 1.82) is 0 Å². The fraction of sp³-hybridized carbons (Fsp3) is 0.190. The van der Waals surface area contributed by atoms with Gasteiger partial charge in [0, 0.05) is 4.88 Å². The highest BCUT2D eigenvalue weighted by Crippen LogP contribution is 2.40. The molecule has 0 aliphatic rings. The number of aromatic nitrogens is 3. The summed E-state index contributed by atoms with van der Waals surface area (Å²) in [6, 6.07) is 6.90. The van der Waals surface area contributed by atoms with Crippen LogP contribution in [0.5, 0.6) is 0 Å². The van der Waals surface area contributed by atoms with Gasteiger partial charge < -0.3 is 16.2 Å². The Morgan fingerprint density at radius 2 is 1.90 bits per heavy atom. The van der Waals surface area contributed by atoms with E-state index in [1.807, 2.05) is 6.92 Å². The van der Waals surface area contributed by atoms with Crippen molar-refractivity contribution in [3.8, 4) is 10.4 Å². The number of nitrogens with one attached hydrogen (secondary N) is 1. The first-order chi connectivity index (χ1) is 14.5. The number of nitrogens with two attached hydrogens (primary N) is 1. The Balaban J connectivity index is 1.76. The molecule has 0 aliphatic carbocycles. The van der Waals surface area contributed by atoms with Crippen molar-refractivity contribution in [2.45, 2.75) is 26.4 Å². The summed E-state index contributed by atoms with van der Waals surface area (Å²) in [7, 11) is 0. The van der Waals surface area contributed by atoms with Crippen molar-refractivity contribution in [3.05, 3.63) is 65.0 Å². The van der Waals surface area contributed by atoms with E-state index in [1.165, 1.54) is 19.9 Å². The van der Waals surface area contributed by atoms with Crippen molar-refractivity contribution < 1.29 is 18.7 Å². The number of nitrogens with zero attached hydrogens (tertiary/aromatic N) is 3. The number of benzene rings is 1. The van der Waals surface area contributed by atoms with Crippen LogP contribution in [0.2, 0.25) is 0 Å². The normalized spacial score (nSPS) is 11.8. The lowest BCUT2D eigenvalue weighted by atomic mass is 9.96. The lowest BCUT2D eigenvalue weighted by Gasteiger charge is -2.18. The molecule has 0 aliphatic heterocycles. The number of carbonyl (C=O) groups excluding carboxylic acids is 1. The van der Waals surface area contributed by atoms with Gasteiger partial charge in [-0.2, -0.15) is 0 Å². The number of hydrogen-bond acceptors (Lipinski definition) is 6. The van der Waals surface area contributed by atoms with Crippen molar-refractivity contribution in [3.63, 3.8) is 0 Å². The van der Waals surface area contributed by atoms with Gasteiger partial charge in [-0.15, -0.1) is 16.4 Å². The summed E-state index contributed by atoms with van der Waals surface area (Å²) < 4.78 is 31.1. The number of anilines is 2. The van der Waals surface area contributed by atoms with E-state index in [0.717, 1.165) is 29.2 Å². The van der Waals surface area contributed by atoms with Gasteiger partial charge in [0.15, 0.2) is 11.5 Å². The van der Waals surface area contributed by atoms with Gasteiger partial charge in [0.2, 0.25) is 0 Å². The number of halogens is 2. The van der Waals surface area contributed by atoms with E-state index >= 15 is 0 Å². The molecule has 0 spiro atoms. The molecule has 0 radical (unpaired) electrons. The van der Waals surface area contributed by atoms with E-state index in [-0.39, 0.29) is 21.6 Å². The quantitative estimate of drug-likeness (QED) is 0.430. The minimum atomic E-state index is -1.41. The summed E-state index contributed by atoms with van der Waals surface area (Å²) in [6.45, 7) is 4.71. The highest BCUT2D eigenvalue weighted by atomic mass is 32.1. The van der Waals surface area contributed by atoms with Crippen LogP contribution in [0.25, 0.3) is 16.1 Å². The predicted octanol–water partition coefficient (Wildman–Crippen LogP) is 4.11. The third-order valence-corrected chi connectivity index (χ3v) is 5.74. The summed E-state index contributed by atoms with van der Waals surface area (Å²) in [4.78, 5) is 16.4. The second kappa shape index (κ2) is 7.40. The molecule has 0 saturated heterocycles. The first-order valence-electron chi connectivity index (χ1n) is 9.29. The van der Waals surface area contributed by atoms with Gasteiger partial charge in [-0.25, -0.2) is 18.3 Å². The number of amides is 1. The number of aryl methyl sites for hydroxylation is 1. The molecule has 0 atom stereocenters. The van der Waals surface area contributed by atoms with Crippen molar-refractivity contribution in [2.75, 3.05) is 5.32 Å². The molecule has 0 unspecified atom stereocenters. The number of rotatable bonds is 5. The number of fused-ring (bicyclic) bond motifs is 1. The molecule has 4 rings (SSSR count). The van der Waals surface area contributed by atoms with E-state index in [2.05, 4.69) is 15.4 Å². The van der Waals surface area contributed by atoms with E-state index in [1.54, 1.807) is 22.8 Å². The smallest absolute Gasteiger partial charge is 0.251 e. The summed E-state index contributed by atoms with van der Waals surface area (Å²) in [5.41, 5.74) is 5.40. The second-order valence-corrected chi connectivity index (χ2v) is 8.67. The Morgan fingerprint density at radius 1 is 1.23 bits per heavy atom. The van der Waals surface area contributed by atoms with Crippen LogP contribution in [0.3, 0.4) is 0 Å². The van der Waals surface area contributed by atoms with Crippen LogP contribution in [0, 0.1) is 18.6 Å². The molecule has 10 heteroatoms. The summed E-state index contributed by atoms with van der Waals surface area (Å²) in [6.07, 6.45) is 1.74. The molecular weight excluding hydrogens is 424 g/mol. The number of primary amides is 1. The second-order valence-electron chi connectivity index (χ2n) is 7.62. The number of hydrogen-bond donors (Lipinski definition) is 3. The van der Waals surface area contributed by atoms with Gasteiger partial charge in [-0.1, -0.05) is 0 Å². The zero-order valence-electron chi connectivity index (χ0n) is 16.9. The maximum atomic E-state index is 14.8. The molecule has 160 valence electrons. The summed E-state index contributed by atoms with van der Waals surface area (Å²) in [5.74, 6) is -2.05. The lowest BCUT2D eigenvalue weighted by Crippen LogP contribution is -2.16. The Morgan fingerprint density at radius 3 is 2.52 bits per heavy atom. The van der Waals surface area contributed by atoms with Crippen molar-refractivity contribution in [2.24, 2.45) is 5.73 Å². The summed E-state index contributed by atoms with van der Waals surface area (Å²) >= 11 is 0.969. The standard InChI is InChI=1S/C21H19F2N5O2S/c1-10-9-28-17(25-10)5-4-16(27-28)26-20-12(19(24)29)8-15(31-20)18-13(22)6-11(7-14(18)23)21(2,3)30/h4-9,30H,1-3H3,(H2,24,29)(H,26,27). The maximum absolute atomic E-state index is 14.8. The maximum Gasteiger partial charge on any atom is 0.251 e. The minimum Gasteiger partial charge on any atom is -0.386 e. The minimum absolute atomic E-state index is 0.0778. The molecule has 0 saturated carbocycles. The first-order valence-corrected chi connectivity index (χ1v) is 10.1. The Bertz CT molecular complexity index is 1300. The fourth-order valence-corrected chi connectivity index (χ4v) is 4.25. The predicted molar refractivity (Wildman–Crippen MR) is 114 cm³/mol. The largest absolute Gasteiger partial charge is 0.386 e. The van der Waals surface area contributed by atoms with Crippen LogP contribution < -0.4 is 11.1 Å².